The van der Waals surface area contributed by atoms with Crippen LogP contribution in [0.2, 0.25) is 5.02 Å². The van der Waals surface area contributed by atoms with E-state index in [1.807, 2.05) is 24.3 Å². The number of nitrogens with two attached hydrogens (primary N) is 1. The fourth-order valence-corrected chi connectivity index (χ4v) is 5.07. The van der Waals surface area contributed by atoms with Gasteiger partial charge in [-0.1, -0.05) is 17.7 Å². The number of aromatic nitrogens is 2. The van der Waals surface area contributed by atoms with Gasteiger partial charge in [-0.2, -0.15) is 5.26 Å². The van der Waals surface area contributed by atoms with Crippen LogP contribution in [0.3, 0.4) is 0 Å². The van der Waals surface area contributed by atoms with Crippen LogP contribution in [-0.2, 0) is 15.9 Å². The van der Waals surface area contributed by atoms with Gasteiger partial charge in [0.15, 0.2) is 0 Å². The van der Waals surface area contributed by atoms with Gasteiger partial charge in [-0.25, -0.2) is 4.98 Å². The lowest BCUT2D eigenvalue weighted by Crippen LogP contribution is -2.42. The summed E-state index contributed by atoms with van der Waals surface area (Å²) in [7, 11) is 1.73. The third kappa shape index (κ3) is 5.82. The molecular formula is C25H32ClN5O2. The highest BCUT2D eigenvalue weighted by atomic mass is 35.5. The quantitative estimate of drug-likeness (QED) is 0.625. The molecule has 2 aliphatic rings. The molecule has 3 heterocycles. The second kappa shape index (κ2) is 10.8. The number of halogens is 1. The Bertz CT molecular complexity index is 989. The van der Waals surface area contributed by atoms with Crippen LogP contribution < -0.4 is 11.1 Å². The van der Waals surface area contributed by atoms with Crippen molar-refractivity contribution in [2.24, 2.45) is 17.1 Å². The number of nitrogens with zero attached hydrogens (tertiary/aromatic N) is 3. The van der Waals surface area contributed by atoms with Crippen molar-refractivity contribution in [3.8, 4) is 17.3 Å². The predicted octanol–water partition coefficient (Wildman–Crippen LogP) is 4.21. The molecule has 0 radical (unpaired) electrons. The zero-order chi connectivity index (χ0) is 23.3. The Balaban J connectivity index is 1.46. The number of nitrogens with one attached hydrogen (secondary N) is 1. The molecule has 0 unspecified atom stereocenters. The van der Waals surface area contributed by atoms with E-state index in [1.54, 1.807) is 13.3 Å². The lowest BCUT2D eigenvalue weighted by atomic mass is 9.81. The molecule has 2 fully saturated rings. The van der Waals surface area contributed by atoms with Gasteiger partial charge < -0.3 is 20.5 Å². The minimum Gasteiger partial charge on any atom is -0.381 e. The monoisotopic (exact) mass is 469 g/mol. The van der Waals surface area contributed by atoms with Crippen molar-refractivity contribution in [2.75, 3.05) is 32.2 Å². The first kappa shape index (κ1) is 23.9. The first-order valence-corrected chi connectivity index (χ1v) is 12.0. The summed E-state index contributed by atoms with van der Waals surface area (Å²) in [5, 5.41) is 13.6. The molecule has 2 aromatic rings. The number of ether oxygens (including phenoxy) is 2. The van der Waals surface area contributed by atoms with Crippen LogP contribution in [0.4, 0.5) is 5.82 Å². The summed E-state index contributed by atoms with van der Waals surface area (Å²) in [6, 6.07) is 10.4. The summed E-state index contributed by atoms with van der Waals surface area (Å²) < 4.78 is 10.9. The lowest BCUT2D eigenvalue weighted by Gasteiger charge is -2.33. The van der Waals surface area contributed by atoms with Crippen molar-refractivity contribution in [2.45, 2.75) is 50.7 Å². The maximum Gasteiger partial charge on any atom is 0.126 e. The SMILES string of the molecule is CO[C@@H]1CC[C@H](Cc2cc(-c3cccc(NCC4(C#N)CCOCC4)n3)c(Cl)cn2)C[C@H]1N. The van der Waals surface area contributed by atoms with Crippen LogP contribution in [0, 0.1) is 22.7 Å². The van der Waals surface area contributed by atoms with Gasteiger partial charge >= 0.3 is 0 Å². The van der Waals surface area contributed by atoms with Gasteiger partial charge in [0.05, 0.1) is 28.3 Å². The van der Waals surface area contributed by atoms with Crippen molar-refractivity contribution in [1.29, 1.82) is 5.26 Å². The number of pyridine rings is 2. The van der Waals surface area contributed by atoms with Crippen LogP contribution in [0.15, 0.2) is 30.5 Å². The number of nitriles is 1. The molecule has 0 aromatic carbocycles. The fraction of sp³-hybridized carbons (Fsp3) is 0.560. The van der Waals surface area contributed by atoms with E-state index in [2.05, 4.69) is 16.4 Å². The Labute approximate surface area is 200 Å². The Morgan fingerprint density at radius 3 is 2.88 bits per heavy atom. The molecule has 0 bridgehead atoms. The lowest BCUT2D eigenvalue weighted by molar-refractivity contribution is 0.0397. The van der Waals surface area contributed by atoms with Crippen molar-refractivity contribution in [3.05, 3.63) is 41.2 Å². The van der Waals surface area contributed by atoms with E-state index in [0.29, 0.717) is 30.7 Å². The molecule has 2 aromatic heterocycles. The van der Waals surface area contributed by atoms with Gasteiger partial charge in [-0.3, -0.25) is 4.98 Å². The third-order valence-electron chi connectivity index (χ3n) is 6.98. The van der Waals surface area contributed by atoms with E-state index in [4.69, 9.17) is 31.8 Å². The highest BCUT2D eigenvalue weighted by Gasteiger charge is 2.32. The first-order valence-electron chi connectivity index (χ1n) is 11.6. The number of methoxy groups -OCH3 is 1. The molecule has 4 rings (SSSR count). The van der Waals surface area contributed by atoms with Gasteiger partial charge in [-0.15, -0.1) is 0 Å². The second-order valence-electron chi connectivity index (χ2n) is 9.24. The van der Waals surface area contributed by atoms with Crippen molar-refractivity contribution in [1.82, 2.24) is 9.97 Å². The minimum absolute atomic E-state index is 0.0670. The fourth-order valence-electron chi connectivity index (χ4n) is 4.87. The van der Waals surface area contributed by atoms with E-state index in [-0.39, 0.29) is 12.1 Å². The van der Waals surface area contributed by atoms with E-state index in [0.717, 1.165) is 61.3 Å². The average molecular weight is 470 g/mol. The largest absolute Gasteiger partial charge is 0.381 e. The molecule has 176 valence electrons. The standard InChI is InChI=1S/C25H32ClN5O2/c1-32-23-6-5-17(12-21(23)28)11-18-13-19(20(26)14-29-18)22-3-2-4-24(31-22)30-16-25(15-27)7-9-33-10-8-25/h2-4,13-14,17,21,23H,5-12,16,28H2,1H3,(H,30,31)/t17-,21-,23-/m1/s1. The maximum absolute atomic E-state index is 9.69. The summed E-state index contributed by atoms with van der Waals surface area (Å²) in [5.74, 6) is 1.21. The van der Waals surface area contributed by atoms with Crippen LogP contribution in [0.25, 0.3) is 11.3 Å². The topological polar surface area (TPSA) is 106 Å². The first-order chi connectivity index (χ1) is 16.0. The molecule has 0 amide bonds. The normalized spacial score (nSPS) is 24.7. The Kier molecular flexibility index (Phi) is 7.82. The van der Waals surface area contributed by atoms with Gasteiger partial charge in [0.25, 0.3) is 0 Å². The second-order valence-corrected chi connectivity index (χ2v) is 9.65. The van der Waals surface area contributed by atoms with Crippen molar-refractivity contribution >= 4 is 17.4 Å². The van der Waals surface area contributed by atoms with Crippen LogP contribution >= 0.6 is 11.6 Å². The smallest absolute Gasteiger partial charge is 0.126 e. The molecular weight excluding hydrogens is 438 g/mol. The van der Waals surface area contributed by atoms with Crippen molar-refractivity contribution < 1.29 is 9.47 Å². The molecule has 3 atom stereocenters. The van der Waals surface area contributed by atoms with E-state index in [9.17, 15) is 5.26 Å². The van der Waals surface area contributed by atoms with E-state index >= 15 is 0 Å². The third-order valence-corrected chi connectivity index (χ3v) is 7.28. The molecule has 8 heteroatoms. The summed E-state index contributed by atoms with van der Waals surface area (Å²) >= 11 is 6.51. The maximum atomic E-state index is 9.69. The van der Waals surface area contributed by atoms with Crippen molar-refractivity contribution in [3.63, 3.8) is 0 Å². The molecule has 0 spiro atoms. The Hall–Kier alpha value is -2.24. The van der Waals surface area contributed by atoms with E-state index in [1.165, 1.54) is 0 Å². The summed E-state index contributed by atoms with van der Waals surface area (Å²) in [4.78, 5) is 9.34. The molecule has 1 aliphatic heterocycles. The average Bonchev–Trinajstić information content (AvgIpc) is 2.85. The molecule has 1 saturated carbocycles. The van der Waals surface area contributed by atoms with Gasteiger partial charge in [0, 0.05) is 50.4 Å². The van der Waals surface area contributed by atoms with Gasteiger partial charge in [-0.05, 0) is 62.6 Å². The highest BCUT2D eigenvalue weighted by molar-refractivity contribution is 6.33. The van der Waals surface area contributed by atoms with E-state index < -0.39 is 5.41 Å². The molecule has 3 N–H and O–H groups in total. The number of rotatable bonds is 7. The van der Waals surface area contributed by atoms with Gasteiger partial charge in [0.2, 0.25) is 0 Å². The summed E-state index contributed by atoms with van der Waals surface area (Å²) in [5.41, 5.74) is 8.51. The molecule has 33 heavy (non-hydrogen) atoms. The molecule has 1 aliphatic carbocycles. The Morgan fingerprint density at radius 2 is 2.15 bits per heavy atom. The number of anilines is 1. The molecule has 7 nitrogen and oxygen atoms in total. The Morgan fingerprint density at radius 1 is 1.33 bits per heavy atom. The molecule has 1 saturated heterocycles. The minimum atomic E-state index is -0.417. The zero-order valence-electron chi connectivity index (χ0n) is 19.1. The van der Waals surface area contributed by atoms with Gasteiger partial charge in [0.1, 0.15) is 5.82 Å². The number of hydrogen-bond acceptors (Lipinski definition) is 7. The summed E-state index contributed by atoms with van der Waals surface area (Å²) in [6.45, 7) is 1.79. The number of hydrogen-bond donors (Lipinski definition) is 2. The van der Waals surface area contributed by atoms with Crippen LogP contribution in [-0.4, -0.2) is 49.0 Å². The summed E-state index contributed by atoms with van der Waals surface area (Å²) in [6.07, 6.45) is 7.17. The predicted molar refractivity (Wildman–Crippen MR) is 129 cm³/mol. The zero-order valence-corrected chi connectivity index (χ0v) is 19.9. The van der Waals surface area contributed by atoms with Crippen LogP contribution in [0.1, 0.15) is 37.8 Å². The highest BCUT2D eigenvalue weighted by Crippen LogP contribution is 2.32. The van der Waals surface area contributed by atoms with Crippen LogP contribution in [0.5, 0.6) is 0 Å².